The monoisotopic (exact) mass is 326 g/mol. The molecule has 2 aliphatic rings. The van der Waals surface area contributed by atoms with Crippen molar-refractivity contribution in [3.63, 3.8) is 0 Å². The predicted octanol–water partition coefficient (Wildman–Crippen LogP) is 2.75. The average molecular weight is 326 g/mol. The fourth-order valence-electron chi connectivity index (χ4n) is 3.10. The Morgan fingerprint density at radius 3 is 3.00 bits per heavy atom. The van der Waals surface area contributed by atoms with Gasteiger partial charge in [0.05, 0.1) is 16.9 Å². The van der Waals surface area contributed by atoms with Crippen molar-refractivity contribution >= 4 is 23.2 Å². The van der Waals surface area contributed by atoms with Gasteiger partial charge >= 0.3 is 0 Å². The fourth-order valence-corrected chi connectivity index (χ4v) is 3.10. The zero-order chi connectivity index (χ0) is 16.8. The molecule has 6 heteroatoms. The number of benzene rings is 2. The number of nitrogens with one attached hydrogen (secondary N) is 1. The molecule has 0 unspecified atom stereocenters. The van der Waals surface area contributed by atoms with E-state index in [2.05, 4.69) is 5.32 Å². The summed E-state index contributed by atoms with van der Waals surface area (Å²) in [5.41, 5.74) is 2.36. The molecule has 0 saturated heterocycles. The number of para-hydroxylation sites is 1. The van der Waals surface area contributed by atoms with Gasteiger partial charge in [0.15, 0.2) is 11.9 Å². The van der Waals surface area contributed by atoms with E-state index in [0.29, 0.717) is 35.7 Å². The number of carbonyl (C=O) groups excluding carboxylic acids is 2. The number of halogens is 1. The highest BCUT2D eigenvalue weighted by molar-refractivity contribution is 6.11. The van der Waals surface area contributed by atoms with Crippen LogP contribution in [0.3, 0.4) is 0 Å². The number of rotatable bonds is 1. The zero-order valence-corrected chi connectivity index (χ0v) is 13.0. The van der Waals surface area contributed by atoms with Crippen LogP contribution in [0.15, 0.2) is 36.4 Å². The van der Waals surface area contributed by atoms with Gasteiger partial charge in [0.2, 0.25) is 0 Å². The number of hydrogen-bond acceptors (Lipinski definition) is 3. The Morgan fingerprint density at radius 2 is 2.17 bits per heavy atom. The van der Waals surface area contributed by atoms with Crippen molar-refractivity contribution in [3.8, 4) is 5.75 Å². The number of hydrogen-bond donors (Lipinski definition) is 1. The smallest absolute Gasteiger partial charge is 0.265 e. The second-order valence-corrected chi connectivity index (χ2v) is 5.91. The molecule has 2 aliphatic heterocycles. The first kappa shape index (κ1) is 14.7. The van der Waals surface area contributed by atoms with Crippen molar-refractivity contribution in [2.75, 3.05) is 16.8 Å². The summed E-state index contributed by atoms with van der Waals surface area (Å²) in [5.74, 6) is -0.527. The highest BCUT2D eigenvalue weighted by Crippen LogP contribution is 2.36. The molecule has 0 fully saturated rings. The van der Waals surface area contributed by atoms with Crippen LogP contribution in [-0.4, -0.2) is 24.5 Å². The van der Waals surface area contributed by atoms with Gasteiger partial charge < -0.3 is 15.0 Å². The molecule has 2 amide bonds. The summed E-state index contributed by atoms with van der Waals surface area (Å²) in [4.78, 5) is 26.3. The number of ether oxygens (including phenoxy) is 1. The molecule has 2 aromatic carbocycles. The molecule has 1 atom stereocenters. The number of anilines is 2. The number of amides is 2. The lowest BCUT2D eigenvalue weighted by molar-refractivity contribution is -0.122. The minimum Gasteiger partial charge on any atom is -0.478 e. The maximum absolute atomic E-state index is 13.6. The van der Waals surface area contributed by atoms with Crippen LogP contribution in [0.4, 0.5) is 15.8 Å². The summed E-state index contributed by atoms with van der Waals surface area (Å²) in [6, 6.07) is 9.51. The van der Waals surface area contributed by atoms with E-state index in [-0.39, 0.29) is 17.6 Å². The Labute approximate surface area is 138 Å². The Balaban J connectivity index is 1.74. The van der Waals surface area contributed by atoms with Crippen molar-refractivity contribution in [1.82, 2.24) is 0 Å². The maximum Gasteiger partial charge on any atom is 0.265 e. The largest absolute Gasteiger partial charge is 0.478 e. The van der Waals surface area contributed by atoms with Crippen LogP contribution in [0.25, 0.3) is 0 Å². The molecule has 5 nitrogen and oxygen atoms in total. The van der Waals surface area contributed by atoms with E-state index < -0.39 is 6.10 Å². The summed E-state index contributed by atoms with van der Waals surface area (Å²) in [6.07, 6.45) is 0.0134. The Morgan fingerprint density at radius 1 is 1.33 bits per heavy atom. The SMILES string of the molecule is C[C@@H]1Oc2c(cccc2C(=O)N2CCc3ccc(F)cc32)NC1=O. The molecule has 2 aromatic rings. The standard InChI is InChI=1S/C18H15FN2O3/c1-10-17(22)20-14-4-2-3-13(16(14)24-10)18(23)21-8-7-11-5-6-12(19)9-15(11)21/h2-6,9-10H,7-8H2,1H3,(H,20,22)/t10-/m0/s1. The number of fused-ring (bicyclic) bond motifs is 2. The number of nitrogens with zero attached hydrogens (tertiary/aromatic N) is 1. The van der Waals surface area contributed by atoms with E-state index in [1.54, 1.807) is 36.1 Å². The van der Waals surface area contributed by atoms with E-state index in [1.807, 2.05) is 0 Å². The average Bonchev–Trinajstić information content (AvgIpc) is 2.97. The highest BCUT2D eigenvalue weighted by Gasteiger charge is 2.32. The van der Waals surface area contributed by atoms with E-state index in [1.165, 1.54) is 12.1 Å². The Bertz CT molecular complexity index is 865. The van der Waals surface area contributed by atoms with Gasteiger partial charge in [0.1, 0.15) is 5.82 Å². The van der Waals surface area contributed by atoms with E-state index in [4.69, 9.17) is 4.74 Å². The van der Waals surface area contributed by atoms with Crippen LogP contribution >= 0.6 is 0 Å². The lowest BCUT2D eigenvalue weighted by atomic mass is 10.1. The second-order valence-electron chi connectivity index (χ2n) is 5.91. The molecule has 0 aromatic heterocycles. The molecule has 0 radical (unpaired) electrons. The summed E-state index contributed by atoms with van der Waals surface area (Å²) < 4.78 is 19.2. The molecule has 24 heavy (non-hydrogen) atoms. The van der Waals surface area contributed by atoms with Gasteiger partial charge in [0, 0.05) is 6.54 Å². The molecule has 2 heterocycles. The van der Waals surface area contributed by atoms with Gasteiger partial charge in [-0.05, 0) is 43.2 Å². The van der Waals surface area contributed by atoms with E-state index in [9.17, 15) is 14.0 Å². The lowest BCUT2D eigenvalue weighted by Gasteiger charge is -2.26. The van der Waals surface area contributed by atoms with Gasteiger partial charge in [-0.1, -0.05) is 12.1 Å². The summed E-state index contributed by atoms with van der Waals surface area (Å²) in [5, 5.41) is 2.73. The quantitative estimate of drug-likeness (QED) is 0.877. The fraction of sp³-hybridized carbons (Fsp3) is 0.222. The van der Waals surface area contributed by atoms with Gasteiger partial charge in [-0.15, -0.1) is 0 Å². The molecule has 0 aliphatic carbocycles. The Kier molecular flexibility index (Phi) is 3.26. The molecular formula is C18H15FN2O3. The third kappa shape index (κ3) is 2.22. The predicted molar refractivity (Wildman–Crippen MR) is 86.9 cm³/mol. The van der Waals surface area contributed by atoms with Crippen LogP contribution < -0.4 is 15.0 Å². The maximum atomic E-state index is 13.6. The molecule has 1 N–H and O–H groups in total. The van der Waals surface area contributed by atoms with Crippen LogP contribution in [0, 0.1) is 5.82 Å². The topological polar surface area (TPSA) is 58.6 Å². The normalized spacial score (nSPS) is 18.5. The van der Waals surface area contributed by atoms with E-state index in [0.717, 1.165) is 5.56 Å². The molecule has 0 saturated carbocycles. The summed E-state index contributed by atoms with van der Waals surface area (Å²) in [7, 11) is 0. The molecular weight excluding hydrogens is 311 g/mol. The Hall–Kier alpha value is -2.89. The van der Waals surface area contributed by atoms with Gasteiger partial charge in [-0.25, -0.2) is 4.39 Å². The van der Waals surface area contributed by atoms with Gasteiger partial charge in [-0.2, -0.15) is 0 Å². The van der Waals surface area contributed by atoms with Crippen molar-refractivity contribution in [2.24, 2.45) is 0 Å². The molecule has 122 valence electrons. The minimum absolute atomic E-state index is 0.249. The third-order valence-corrected chi connectivity index (χ3v) is 4.36. The van der Waals surface area contributed by atoms with Crippen molar-refractivity contribution in [2.45, 2.75) is 19.4 Å². The van der Waals surface area contributed by atoms with Crippen molar-refractivity contribution in [3.05, 3.63) is 53.3 Å². The summed E-state index contributed by atoms with van der Waals surface area (Å²) >= 11 is 0. The number of carbonyl (C=O) groups is 2. The minimum atomic E-state index is -0.672. The first-order valence-corrected chi connectivity index (χ1v) is 7.75. The molecule has 0 bridgehead atoms. The second kappa shape index (κ2) is 5.33. The molecule has 4 rings (SSSR count). The van der Waals surface area contributed by atoms with Crippen LogP contribution in [0.1, 0.15) is 22.8 Å². The van der Waals surface area contributed by atoms with Crippen LogP contribution in [-0.2, 0) is 11.2 Å². The van der Waals surface area contributed by atoms with Gasteiger partial charge in [0.25, 0.3) is 11.8 Å². The molecule has 0 spiro atoms. The van der Waals surface area contributed by atoms with E-state index >= 15 is 0 Å². The third-order valence-electron chi connectivity index (χ3n) is 4.36. The van der Waals surface area contributed by atoms with Crippen molar-refractivity contribution < 1.29 is 18.7 Å². The highest BCUT2D eigenvalue weighted by atomic mass is 19.1. The first-order chi connectivity index (χ1) is 11.5. The van der Waals surface area contributed by atoms with Crippen molar-refractivity contribution in [1.29, 1.82) is 0 Å². The first-order valence-electron chi connectivity index (χ1n) is 7.75. The van der Waals surface area contributed by atoms with Crippen LogP contribution in [0.5, 0.6) is 5.75 Å². The van der Waals surface area contributed by atoms with Gasteiger partial charge in [-0.3, -0.25) is 9.59 Å². The lowest BCUT2D eigenvalue weighted by Crippen LogP contribution is -2.36. The zero-order valence-electron chi connectivity index (χ0n) is 13.0. The van der Waals surface area contributed by atoms with Crippen LogP contribution in [0.2, 0.25) is 0 Å². The summed E-state index contributed by atoms with van der Waals surface area (Å²) in [6.45, 7) is 2.11.